The van der Waals surface area contributed by atoms with E-state index in [9.17, 15) is 45.4 Å². The molecule has 44 heavy (non-hydrogen) atoms. The van der Waals surface area contributed by atoms with Crippen molar-refractivity contribution in [3.63, 3.8) is 0 Å². The van der Waals surface area contributed by atoms with Gasteiger partial charge in [-0.1, -0.05) is 0 Å². The summed E-state index contributed by atoms with van der Waals surface area (Å²) in [6, 6.07) is 0.459. The van der Waals surface area contributed by atoms with Gasteiger partial charge in [0.05, 0.1) is 43.3 Å². The zero-order chi connectivity index (χ0) is 31.9. The molecule has 2 aliphatic rings. The van der Waals surface area contributed by atoms with Gasteiger partial charge in [0, 0.05) is 37.7 Å². The maximum Gasteiger partial charge on any atom is 0.389 e. The van der Waals surface area contributed by atoms with Crippen LogP contribution in [0.5, 0.6) is 0 Å². The minimum atomic E-state index is -4.54. The van der Waals surface area contributed by atoms with Gasteiger partial charge >= 0.3 is 6.18 Å². The van der Waals surface area contributed by atoms with Gasteiger partial charge in [0.25, 0.3) is 5.91 Å². The Hall–Kier alpha value is -3.83. The number of aromatic nitrogens is 6. The number of alkyl halides is 7. The van der Waals surface area contributed by atoms with Crippen molar-refractivity contribution in [3.05, 3.63) is 41.6 Å². The third-order valence-electron chi connectivity index (χ3n) is 7.81. The van der Waals surface area contributed by atoms with Crippen LogP contribution in [0.4, 0.5) is 30.7 Å². The number of aliphatic hydroxyl groups is 1. The molecule has 0 spiro atoms. The first-order valence-electron chi connectivity index (χ1n) is 13.9. The number of carbonyl (C=O) groups excluding carboxylic acids is 2. The van der Waals surface area contributed by atoms with E-state index in [1.807, 2.05) is 0 Å². The van der Waals surface area contributed by atoms with E-state index in [1.165, 1.54) is 23.0 Å². The number of aliphatic hydroxyl groups excluding tert-OH is 1. The Morgan fingerprint density at radius 2 is 1.75 bits per heavy atom. The van der Waals surface area contributed by atoms with Gasteiger partial charge in [-0.05, 0) is 30.7 Å². The summed E-state index contributed by atoms with van der Waals surface area (Å²) in [6.45, 7) is 0.110. The third-order valence-corrected chi connectivity index (χ3v) is 7.81. The van der Waals surface area contributed by atoms with E-state index >= 15 is 0 Å². The van der Waals surface area contributed by atoms with Crippen molar-refractivity contribution < 1.29 is 45.4 Å². The molecule has 0 saturated heterocycles. The molecule has 0 aliphatic heterocycles. The molecule has 3 aromatic rings. The monoisotopic (exact) mass is 634 g/mol. The predicted octanol–water partition coefficient (Wildman–Crippen LogP) is 4.11. The van der Waals surface area contributed by atoms with Gasteiger partial charge in [-0.3, -0.25) is 9.59 Å². The van der Waals surface area contributed by atoms with Crippen LogP contribution in [0.2, 0.25) is 0 Å². The van der Waals surface area contributed by atoms with Gasteiger partial charge in [-0.2, -0.15) is 28.2 Å². The fourth-order valence-corrected chi connectivity index (χ4v) is 5.45. The summed E-state index contributed by atoms with van der Waals surface area (Å²) in [7, 11) is 0. The van der Waals surface area contributed by atoms with Gasteiger partial charge < -0.3 is 15.7 Å². The first-order valence-corrected chi connectivity index (χ1v) is 13.9. The molecule has 11 nitrogen and oxygen atoms in total. The molecule has 3 N–H and O–H groups in total. The molecular formula is C26H29F7N8O3. The molecule has 0 aromatic carbocycles. The van der Waals surface area contributed by atoms with Crippen LogP contribution in [0, 0.1) is 11.8 Å². The number of nitrogens with zero attached hydrogens (tertiary/aromatic N) is 6. The number of hydrogen-bond acceptors (Lipinski definition) is 7. The van der Waals surface area contributed by atoms with Crippen molar-refractivity contribution >= 4 is 17.5 Å². The smallest absolute Gasteiger partial charge is 0.369 e. The van der Waals surface area contributed by atoms with Crippen molar-refractivity contribution in [1.82, 2.24) is 40.2 Å². The molecule has 2 atom stereocenters. The Balaban J connectivity index is 1.31. The summed E-state index contributed by atoms with van der Waals surface area (Å²) in [5, 5.41) is 27.3. The first-order chi connectivity index (χ1) is 20.6. The maximum absolute atomic E-state index is 14.0. The molecule has 0 bridgehead atoms. The number of halogens is 7. The number of fused-ring (bicyclic) bond motifs is 1. The van der Waals surface area contributed by atoms with Crippen LogP contribution in [-0.4, -0.2) is 64.5 Å². The first kappa shape index (κ1) is 31.6. The van der Waals surface area contributed by atoms with Crippen LogP contribution in [0.3, 0.4) is 0 Å². The van der Waals surface area contributed by atoms with E-state index in [-0.39, 0.29) is 60.7 Å². The van der Waals surface area contributed by atoms with Crippen LogP contribution in [-0.2, 0) is 11.3 Å². The zero-order valence-corrected chi connectivity index (χ0v) is 23.1. The molecule has 2 amide bonds. The van der Waals surface area contributed by atoms with E-state index in [1.54, 1.807) is 0 Å². The third kappa shape index (κ3) is 7.81. The summed E-state index contributed by atoms with van der Waals surface area (Å²) >= 11 is 0. The van der Waals surface area contributed by atoms with Crippen LogP contribution in [0.15, 0.2) is 24.7 Å². The van der Waals surface area contributed by atoms with Crippen molar-refractivity contribution in [2.45, 2.75) is 88.2 Å². The highest BCUT2D eigenvalue weighted by atomic mass is 19.4. The highest BCUT2D eigenvalue weighted by Gasteiger charge is 2.45. The summed E-state index contributed by atoms with van der Waals surface area (Å²) in [5.74, 6) is -8.05. The summed E-state index contributed by atoms with van der Waals surface area (Å²) in [6.07, 6.45) is -5.92. The number of hydrogen-bond donors (Lipinski definition) is 3. The molecule has 3 aromatic heterocycles. The fourth-order valence-electron chi connectivity index (χ4n) is 5.45. The Bertz CT molecular complexity index is 1490. The number of rotatable bonds is 10. The molecule has 240 valence electrons. The van der Waals surface area contributed by atoms with Crippen molar-refractivity contribution in [2.24, 2.45) is 11.8 Å². The normalized spacial score (nSPS) is 20.2. The van der Waals surface area contributed by atoms with E-state index in [4.69, 9.17) is 0 Å². The summed E-state index contributed by atoms with van der Waals surface area (Å²) in [4.78, 5) is 30.6. The fraction of sp³-hybridized carbons (Fsp3) is 0.615. The van der Waals surface area contributed by atoms with E-state index in [2.05, 4.69) is 30.9 Å². The lowest BCUT2D eigenvalue weighted by Crippen LogP contribution is -2.38. The van der Waals surface area contributed by atoms with Crippen LogP contribution < -0.4 is 10.6 Å². The minimum absolute atomic E-state index is 0.0220. The number of nitrogens with one attached hydrogen (secondary N) is 2. The Morgan fingerprint density at radius 3 is 2.41 bits per heavy atom. The van der Waals surface area contributed by atoms with E-state index < -0.39 is 73.7 Å². The quantitative estimate of drug-likeness (QED) is 0.225. The summed E-state index contributed by atoms with van der Waals surface area (Å²) < 4.78 is 92.7. The zero-order valence-electron chi connectivity index (χ0n) is 23.1. The molecule has 1 unspecified atom stereocenters. The second-order valence-electron chi connectivity index (χ2n) is 11.4. The summed E-state index contributed by atoms with van der Waals surface area (Å²) in [5.41, 5.74) is 0.320. The Kier molecular flexibility index (Phi) is 8.56. The minimum Gasteiger partial charge on any atom is -0.369 e. The largest absolute Gasteiger partial charge is 0.389 e. The molecule has 2 fully saturated rings. The molecule has 18 heteroatoms. The number of carbonyl (C=O) groups is 2. The average Bonchev–Trinajstić information content (AvgIpc) is 3.56. The highest BCUT2D eigenvalue weighted by Crippen LogP contribution is 2.43. The lowest BCUT2D eigenvalue weighted by atomic mass is 9.81. The highest BCUT2D eigenvalue weighted by molar-refractivity contribution is 5.92. The Morgan fingerprint density at radius 1 is 1.05 bits per heavy atom. The van der Waals surface area contributed by atoms with Crippen LogP contribution in [0.25, 0.3) is 5.65 Å². The van der Waals surface area contributed by atoms with Crippen LogP contribution in [0.1, 0.15) is 85.4 Å². The van der Waals surface area contributed by atoms with Gasteiger partial charge in [0.1, 0.15) is 0 Å². The lowest BCUT2D eigenvalue weighted by Gasteiger charge is -2.34. The Labute approximate surface area is 245 Å². The maximum atomic E-state index is 14.0. The SMILES string of the molecule is O=C(CCC(F)(F)F)N[C@H](O)c1cnn2cc(C(NC(=O)c3cnn(CC4CC(F)(F)C4)n3)C3CCC(F)(F)CC3)nc2c1. The van der Waals surface area contributed by atoms with Gasteiger partial charge in [0.2, 0.25) is 17.8 Å². The molecule has 2 aliphatic carbocycles. The van der Waals surface area contributed by atoms with Gasteiger partial charge in [0.15, 0.2) is 17.6 Å². The van der Waals surface area contributed by atoms with Gasteiger partial charge in [-0.25, -0.2) is 27.1 Å². The van der Waals surface area contributed by atoms with Gasteiger partial charge in [-0.15, -0.1) is 5.10 Å². The second kappa shape index (κ2) is 11.9. The van der Waals surface area contributed by atoms with Crippen molar-refractivity contribution in [3.8, 4) is 0 Å². The number of imidazole rings is 1. The second-order valence-corrected chi connectivity index (χ2v) is 11.4. The molecule has 2 saturated carbocycles. The van der Waals surface area contributed by atoms with E-state index in [0.717, 1.165) is 11.0 Å². The van der Waals surface area contributed by atoms with Crippen molar-refractivity contribution in [1.29, 1.82) is 0 Å². The molecule has 5 rings (SSSR count). The topological polar surface area (TPSA) is 139 Å². The average molecular weight is 635 g/mol. The van der Waals surface area contributed by atoms with Crippen molar-refractivity contribution in [2.75, 3.05) is 0 Å². The van der Waals surface area contributed by atoms with E-state index in [0.29, 0.717) is 0 Å². The van der Waals surface area contributed by atoms with Crippen LogP contribution >= 0.6 is 0 Å². The molecule has 0 radical (unpaired) electrons. The number of amides is 2. The predicted molar refractivity (Wildman–Crippen MR) is 136 cm³/mol. The lowest BCUT2D eigenvalue weighted by molar-refractivity contribution is -0.145. The standard InChI is InChI=1S/C26H29F7N8O3/c27-24(28)4-1-15(2-5-24)21(38-23(44)17-11-35-41(39-17)12-14-8-25(29,30)9-14)18-13-40-19(36-18)7-16(10-34-40)22(43)37-20(42)3-6-26(31,32)33/h7,10-11,13-15,21-22,43H,1-6,8-9,12H2,(H,37,42)(H,38,44)/t21?,22-/m1/s1. The molecule has 3 heterocycles. The molecular weight excluding hydrogens is 605 g/mol.